The third kappa shape index (κ3) is 6.76. The maximum Gasteiger partial charge on any atom is 2.00 e. The molecule has 0 atom stereocenters. The van der Waals surface area contributed by atoms with E-state index >= 15 is 0 Å². The van der Waals surface area contributed by atoms with Crippen LogP contribution < -0.4 is 4.74 Å². The molecule has 7 aromatic rings. The van der Waals surface area contributed by atoms with Crippen LogP contribution in [0.2, 0.25) is 0 Å². The van der Waals surface area contributed by atoms with Gasteiger partial charge in [0.05, 0.1) is 11.4 Å². The molecule has 3 heterocycles. The predicted molar refractivity (Wildman–Crippen MR) is 211 cm³/mol. The molecule has 0 unspecified atom stereocenters. The molecule has 0 aliphatic carbocycles. The number of hydrogen-bond donors (Lipinski definition) is 0. The summed E-state index contributed by atoms with van der Waals surface area (Å²) in [7, 11) is 0. The van der Waals surface area contributed by atoms with Crippen LogP contribution in [-0.2, 0) is 38.3 Å². The average Bonchev–Trinajstić information content (AvgIpc) is 3.58. The molecule has 0 saturated carbocycles. The Morgan fingerprint density at radius 3 is 2.12 bits per heavy atom. The Balaban J connectivity index is 0.00000464. The minimum absolute atomic E-state index is 0. The smallest absolute Gasteiger partial charge is 0.509 e. The van der Waals surface area contributed by atoms with Crippen LogP contribution in [0.1, 0.15) is 87.7 Å². The molecule has 5 nitrogen and oxygen atoms in total. The maximum absolute atomic E-state index is 6.73. The third-order valence-corrected chi connectivity index (χ3v) is 9.85. The van der Waals surface area contributed by atoms with Crippen molar-refractivity contribution in [2.75, 3.05) is 0 Å². The van der Waals surface area contributed by atoms with Crippen molar-refractivity contribution in [3.63, 3.8) is 0 Å². The first-order chi connectivity index (χ1) is 24.1. The molecule has 268 valence electrons. The van der Waals surface area contributed by atoms with E-state index in [1.54, 1.807) is 0 Å². The Morgan fingerprint density at radius 2 is 1.44 bits per heavy atom. The first-order valence-electron chi connectivity index (χ1n) is 18.0. The molecule has 0 spiro atoms. The van der Waals surface area contributed by atoms with E-state index in [0.29, 0.717) is 11.5 Å². The summed E-state index contributed by atoms with van der Waals surface area (Å²) >= 11 is 0. The SMILES string of the molecule is CCc1ccnc(-n2c3[c-]c(Oc4[c-]c(-n5nc(C)c(-c6c(C)cc(C)cc6C)c5C(C)(C)C)cc(C(C)(C)C)c4)ccc3c3ccccc32)c1.[Pt+2]. The van der Waals surface area contributed by atoms with Gasteiger partial charge in [-0.3, -0.25) is 4.68 Å². The quantitative estimate of drug-likeness (QED) is 0.156. The summed E-state index contributed by atoms with van der Waals surface area (Å²) in [6.45, 7) is 24.4. The van der Waals surface area contributed by atoms with Gasteiger partial charge < -0.3 is 9.30 Å². The van der Waals surface area contributed by atoms with Crippen LogP contribution in [0.4, 0.5) is 0 Å². The number of aryl methyl sites for hydroxylation is 5. The summed E-state index contributed by atoms with van der Waals surface area (Å²) in [6, 6.07) is 33.0. The molecular formula is C46H48N4OPt. The maximum atomic E-state index is 6.73. The predicted octanol–water partition coefficient (Wildman–Crippen LogP) is 11.8. The summed E-state index contributed by atoms with van der Waals surface area (Å²) in [6.07, 6.45) is 2.82. The standard InChI is InChI=1S/C46H48N4O.Pt/c1-12-32-19-20-47-41(23-32)49-39-16-14-13-15-37(39)38-18-17-35(27-40(38)49)51-36-25-33(45(6,7)8)24-34(26-36)50-44(46(9,10)11)43(31(5)48-50)42-29(3)21-28(2)22-30(42)4;/h13-25H,12H2,1-11H3;/q-2;+2. The Kier molecular flexibility index (Phi) is 9.91. The molecular weight excluding hydrogens is 820 g/mol. The molecule has 6 heteroatoms. The van der Waals surface area contributed by atoms with Gasteiger partial charge >= 0.3 is 21.1 Å². The monoisotopic (exact) mass is 867 g/mol. The third-order valence-electron chi connectivity index (χ3n) is 9.85. The second kappa shape index (κ2) is 13.8. The largest absolute Gasteiger partial charge is 2.00 e. The normalized spacial score (nSPS) is 12.1. The number of rotatable bonds is 6. The van der Waals surface area contributed by atoms with Crippen molar-refractivity contribution in [2.45, 2.75) is 93.4 Å². The van der Waals surface area contributed by atoms with E-state index in [2.05, 4.69) is 164 Å². The summed E-state index contributed by atoms with van der Waals surface area (Å²) in [5.74, 6) is 2.11. The van der Waals surface area contributed by atoms with Gasteiger partial charge in [0.2, 0.25) is 0 Å². The van der Waals surface area contributed by atoms with Crippen LogP contribution in [0.5, 0.6) is 11.5 Å². The molecule has 4 aromatic carbocycles. The second-order valence-corrected chi connectivity index (χ2v) is 16.0. The van der Waals surface area contributed by atoms with E-state index in [-0.39, 0.29) is 31.9 Å². The number of aromatic nitrogens is 4. The molecule has 0 amide bonds. The molecule has 3 aromatic heterocycles. The Morgan fingerprint density at radius 1 is 0.731 bits per heavy atom. The van der Waals surface area contributed by atoms with Crippen LogP contribution in [0.15, 0.2) is 79.0 Å². The first-order valence-corrected chi connectivity index (χ1v) is 18.0. The van der Waals surface area contributed by atoms with E-state index < -0.39 is 0 Å². The molecule has 0 fully saturated rings. The van der Waals surface area contributed by atoms with Crippen molar-refractivity contribution >= 4 is 21.8 Å². The van der Waals surface area contributed by atoms with Crippen LogP contribution in [-0.4, -0.2) is 19.3 Å². The zero-order valence-corrected chi connectivity index (χ0v) is 34.5. The van der Waals surface area contributed by atoms with E-state index in [1.807, 2.05) is 12.3 Å². The Labute approximate surface area is 323 Å². The Bertz CT molecular complexity index is 2430. The topological polar surface area (TPSA) is 44.9 Å². The first kappa shape index (κ1) is 37.3. The van der Waals surface area contributed by atoms with E-state index in [4.69, 9.17) is 14.8 Å². The van der Waals surface area contributed by atoms with Crippen LogP contribution in [0, 0.1) is 39.8 Å². The summed E-state index contributed by atoms with van der Waals surface area (Å²) < 4.78 is 11.0. The van der Waals surface area contributed by atoms with Crippen molar-refractivity contribution in [1.82, 2.24) is 19.3 Å². The van der Waals surface area contributed by atoms with E-state index in [9.17, 15) is 0 Å². The van der Waals surface area contributed by atoms with Crippen molar-refractivity contribution in [1.29, 1.82) is 0 Å². The van der Waals surface area contributed by atoms with E-state index in [0.717, 1.165) is 56.7 Å². The van der Waals surface area contributed by atoms with Gasteiger partial charge in [-0.15, -0.1) is 41.3 Å². The van der Waals surface area contributed by atoms with Gasteiger partial charge in [0.15, 0.2) is 0 Å². The summed E-state index contributed by atoms with van der Waals surface area (Å²) in [5.41, 5.74) is 13.3. The molecule has 0 radical (unpaired) electrons. The van der Waals surface area contributed by atoms with Crippen LogP contribution in [0.3, 0.4) is 0 Å². The fourth-order valence-corrected chi connectivity index (χ4v) is 7.49. The average molecular weight is 868 g/mol. The number of benzene rings is 4. The van der Waals surface area contributed by atoms with Gasteiger partial charge in [0, 0.05) is 34.2 Å². The molecule has 0 aliphatic rings. The summed E-state index contributed by atoms with van der Waals surface area (Å²) in [5, 5.41) is 7.49. The number of para-hydroxylation sites is 1. The van der Waals surface area contributed by atoms with Crippen molar-refractivity contribution in [3.8, 4) is 34.1 Å². The Hall–Kier alpha value is -4.47. The number of hydrogen-bond acceptors (Lipinski definition) is 3. The number of ether oxygens (including phenoxy) is 1. The fraction of sp³-hybridized carbons (Fsp3) is 0.304. The summed E-state index contributed by atoms with van der Waals surface area (Å²) in [4.78, 5) is 4.79. The van der Waals surface area contributed by atoms with Crippen LogP contribution in [0.25, 0.3) is 44.4 Å². The minimum Gasteiger partial charge on any atom is -0.509 e. The molecule has 0 saturated heterocycles. The molecule has 52 heavy (non-hydrogen) atoms. The molecule has 0 aliphatic heterocycles. The van der Waals surface area contributed by atoms with E-state index in [1.165, 1.54) is 33.4 Å². The van der Waals surface area contributed by atoms with Gasteiger partial charge in [0.25, 0.3) is 0 Å². The number of fused-ring (bicyclic) bond motifs is 3. The number of pyridine rings is 1. The zero-order valence-electron chi connectivity index (χ0n) is 32.2. The minimum atomic E-state index is -0.206. The van der Waals surface area contributed by atoms with Gasteiger partial charge in [-0.2, -0.15) is 11.2 Å². The van der Waals surface area contributed by atoms with Crippen molar-refractivity contribution in [3.05, 3.63) is 130 Å². The van der Waals surface area contributed by atoms with Crippen molar-refractivity contribution in [2.24, 2.45) is 0 Å². The fourth-order valence-electron chi connectivity index (χ4n) is 7.49. The van der Waals surface area contributed by atoms with Gasteiger partial charge in [-0.05, 0) is 91.1 Å². The van der Waals surface area contributed by atoms with Crippen LogP contribution >= 0.6 is 0 Å². The number of nitrogens with zero attached hydrogens (tertiary/aromatic N) is 4. The van der Waals surface area contributed by atoms with Crippen molar-refractivity contribution < 1.29 is 25.8 Å². The van der Waals surface area contributed by atoms with Gasteiger partial charge in [-0.25, -0.2) is 4.98 Å². The molecule has 7 rings (SSSR count). The zero-order chi connectivity index (χ0) is 36.4. The molecule has 0 N–H and O–H groups in total. The molecule has 0 bridgehead atoms. The van der Waals surface area contributed by atoms with Gasteiger partial charge in [-0.1, -0.05) is 89.9 Å². The van der Waals surface area contributed by atoms with Gasteiger partial charge in [0.1, 0.15) is 5.82 Å². The second-order valence-electron chi connectivity index (χ2n) is 16.0.